The highest BCUT2D eigenvalue weighted by atomic mass is 35.5. The number of aryl methyl sites for hydroxylation is 1. The van der Waals surface area contributed by atoms with Gasteiger partial charge in [-0.1, -0.05) is 6.92 Å². The average molecular weight is 307 g/mol. The Hall–Kier alpha value is -0.630. The zero-order chi connectivity index (χ0) is 14.2. The molecule has 6 nitrogen and oxygen atoms in total. The molecule has 1 aliphatic rings. The summed E-state index contributed by atoms with van der Waals surface area (Å²) >= 11 is 5.82. The molecule has 0 bridgehead atoms. The van der Waals surface area contributed by atoms with Crippen LogP contribution in [0, 0.1) is 5.92 Å². The van der Waals surface area contributed by atoms with Gasteiger partial charge in [-0.3, -0.25) is 0 Å². The van der Waals surface area contributed by atoms with Crippen molar-refractivity contribution >= 4 is 21.6 Å². The summed E-state index contributed by atoms with van der Waals surface area (Å²) < 4.78 is 28.2. The Kier molecular flexibility index (Phi) is 4.20. The third-order valence-electron chi connectivity index (χ3n) is 3.68. The molecular weight excluding hydrogens is 288 g/mol. The van der Waals surface area contributed by atoms with E-state index in [4.69, 9.17) is 17.3 Å². The van der Waals surface area contributed by atoms with E-state index in [2.05, 4.69) is 4.98 Å². The van der Waals surface area contributed by atoms with Crippen LogP contribution in [0.1, 0.15) is 19.8 Å². The van der Waals surface area contributed by atoms with Crippen LogP contribution >= 0.6 is 11.6 Å². The molecule has 0 unspecified atom stereocenters. The Balaban J connectivity index is 2.37. The predicted octanol–water partition coefficient (Wildman–Crippen LogP) is 0.821. The molecule has 1 saturated heterocycles. The van der Waals surface area contributed by atoms with Gasteiger partial charge in [-0.15, -0.1) is 0 Å². The van der Waals surface area contributed by atoms with Gasteiger partial charge in [0.25, 0.3) is 10.0 Å². The van der Waals surface area contributed by atoms with Crippen molar-refractivity contribution in [2.24, 2.45) is 18.7 Å². The van der Waals surface area contributed by atoms with Gasteiger partial charge in [-0.05, 0) is 30.4 Å². The maximum Gasteiger partial charge on any atom is 0.262 e. The van der Waals surface area contributed by atoms with Crippen LogP contribution in [0.2, 0.25) is 5.28 Å². The lowest BCUT2D eigenvalue weighted by Crippen LogP contribution is -2.51. The van der Waals surface area contributed by atoms with Crippen LogP contribution in [0.25, 0.3) is 0 Å². The second-order valence-electron chi connectivity index (χ2n) is 5.00. The zero-order valence-electron chi connectivity index (χ0n) is 11.1. The van der Waals surface area contributed by atoms with Crippen LogP contribution in [0.3, 0.4) is 0 Å². The molecule has 0 radical (unpaired) electrons. The largest absolute Gasteiger partial charge is 0.329 e. The Morgan fingerprint density at radius 2 is 2.26 bits per heavy atom. The van der Waals surface area contributed by atoms with Crippen LogP contribution in [-0.2, 0) is 17.1 Å². The van der Waals surface area contributed by atoms with Crippen molar-refractivity contribution in [3.63, 3.8) is 0 Å². The highest BCUT2D eigenvalue weighted by Crippen LogP contribution is 2.28. The van der Waals surface area contributed by atoms with Gasteiger partial charge in [0.1, 0.15) is 0 Å². The van der Waals surface area contributed by atoms with E-state index in [1.54, 1.807) is 7.05 Å². The van der Waals surface area contributed by atoms with E-state index >= 15 is 0 Å². The van der Waals surface area contributed by atoms with E-state index in [0.29, 0.717) is 13.1 Å². The third-order valence-corrected chi connectivity index (χ3v) is 5.82. The van der Waals surface area contributed by atoms with Gasteiger partial charge >= 0.3 is 0 Å². The minimum absolute atomic E-state index is 0.00690. The van der Waals surface area contributed by atoms with Crippen molar-refractivity contribution in [2.45, 2.75) is 30.8 Å². The molecule has 0 aromatic carbocycles. The number of halogens is 1. The molecule has 0 spiro atoms. The first-order valence-corrected chi connectivity index (χ1v) is 8.10. The van der Waals surface area contributed by atoms with Gasteiger partial charge in [0.2, 0.25) is 5.28 Å². The Labute approximate surface area is 118 Å². The van der Waals surface area contributed by atoms with Gasteiger partial charge in [-0.25, -0.2) is 13.4 Å². The van der Waals surface area contributed by atoms with Gasteiger partial charge in [0.15, 0.2) is 5.03 Å². The first-order valence-electron chi connectivity index (χ1n) is 6.28. The van der Waals surface area contributed by atoms with E-state index < -0.39 is 10.0 Å². The molecule has 108 valence electrons. The fourth-order valence-electron chi connectivity index (χ4n) is 2.52. The molecule has 1 aromatic rings. The molecule has 1 fully saturated rings. The van der Waals surface area contributed by atoms with Crippen molar-refractivity contribution in [1.29, 1.82) is 0 Å². The second kappa shape index (κ2) is 5.40. The lowest BCUT2D eigenvalue weighted by atomic mass is 9.93. The number of imidazole rings is 1. The quantitative estimate of drug-likeness (QED) is 0.896. The second-order valence-corrected chi connectivity index (χ2v) is 7.17. The van der Waals surface area contributed by atoms with E-state index in [1.807, 2.05) is 6.92 Å². The number of nitrogens with two attached hydrogens (primary N) is 1. The summed E-state index contributed by atoms with van der Waals surface area (Å²) in [5, 5.41) is 0.153. The SMILES string of the molecule is C[C@H]1CCCN(S(=O)(=O)c2cn(C)c(Cl)n2)[C@@H]1CN. The summed E-state index contributed by atoms with van der Waals surface area (Å²) in [6.45, 7) is 2.84. The highest BCUT2D eigenvalue weighted by Gasteiger charge is 2.37. The van der Waals surface area contributed by atoms with Crippen LogP contribution in [0.5, 0.6) is 0 Å². The summed E-state index contributed by atoms with van der Waals surface area (Å²) in [7, 11) is -1.96. The topological polar surface area (TPSA) is 81.2 Å². The molecule has 1 aromatic heterocycles. The molecule has 1 aliphatic heterocycles. The first kappa shape index (κ1) is 14.8. The molecule has 19 heavy (non-hydrogen) atoms. The van der Waals surface area contributed by atoms with E-state index in [0.717, 1.165) is 12.8 Å². The molecule has 2 N–H and O–H groups in total. The lowest BCUT2D eigenvalue weighted by Gasteiger charge is -2.37. The first-order chi connectivity index (χ1) is 8.87. The molecule has 2 heterocycles. The predicted molar refractivity (Wildman–Crippen MR) is 73.4 cm³/mol. The summed E-state index contributed by atoms with van der Waals surface area (Å²) in [6.07, 6.45) is 3.28. The van der Waals surface area contributed by atoms with Crippen molar-refractivity contribution < 1.29 is 8.42 Å². The van der Waals surface area contributed by atoms with E-state index in [-0.39, 0.29) is 22.3 Å². The molecule has 8 heteroatoms. The normalized spacial score (nSPS) is 25.7. The third kappa shape index (κ3) is 2.65. The van der Waals surface area contributed by atoms with Crippen LogP contribution in [-0.4, -0.2) is 41.4 Å². The smallest absolute Gasteiger partial charge is 0.262 e. The van der Waals surface area contributed by atoms with Crippen molar-refractivity contribution in [2.75, 3.05) is 13.1 Å². The number of piperidine rings is 1. The highest BCUT2D eigenvalue weighted by molar-refractivity contribution is 7.89. The fourth-order valence-corrected chi connectivity index (χ4v) is 4.46. The maximum absolute atomic E-state index is 12.6. The number of aromatic nitrogens is 2. The molecule has 2 atom stereocenters. The fraction of sp³-hybridized carbons (Fsp3) is 0.727. The number of sulfonamides is 1. The molecule has 2 rings (SSSR count). The van der Waals surface area contributed by atoms with Crippen LogP contribution in [0.4, 0.5) is 0 Å². The van der Waals surface area contributed by atoms with E-state index in [1.165, 1.54) is 15.1 Å². The standard InChI is InChI=1S/C11H19ClN4O2S/c1-8-4-3-5-16(9(8)6-13)19(17,18)10-7-15(2)11(12)14-10/h7-9H,3-6,13H2,1-2H3/t8-,9+/m0/s1. The average Bonchev–Trinajstić information content (AvgIpc) is 2.70. The van der Waals surface area contributed by atoms with Crippen molar-refractivity contribution in [3.8, 4) is 0 Å². The van der Waals surface area contributed by atoms with Crippen molar-refractivity contribution in [3.05, 3.63) is 11.5 Å². The molecule has 0 saturated carbocycles. The number of hydrogen-bond acceptors (Lipinski definition) is 4. The summed E-state index contributed by atoms with van der Waals surface area (Å²) in [4.78, 5) is 3.91. The Bertz CT molecular complexity index is 538. The number of nitrogens with zero attached hydrogens (tertiary/aromatic N) is 3. The Morgan fingerprint density at radius 3 is 2.79 bits per heavy atom. The molecule has 0 amide bonds. The maximum atomic E-state index is 12.6. The van der Waals surface area contributed by atoms with Crippen LogP contribution in [0.15, 0.2) is 11.2 Å². The van der Waals surface area contributed by atoms with E-state index in [9.17, 15) is 8.42 Å². The summed E-state index contributed by atoms with van der Waals surface area (Å²) in [6, 6.07) is -0.167. The summed E-state index contributed by atoms with van der Waals surface area (Å²) in [5.41, 5.74) is 5.74. The zero-order valence-corrected chi connectivity index (χ0v) is 12.7. The monoisotopic (exact) mass is 306 g/mol. The Morgan fingerprint density at radius 1 is 1.58 bits per heavy atom. The van der Waals surface area contributed by atoms with Gasteiger partial charge in [-0.2, -0.15) is 4.31 Å². The minimum Gasteiger partial charge on any atom is -0.329 e. The number of rotatable bonds is 3. The minimum atomic E-state index is -3.62. The lowest BCUT2D eigenvalue weighted by molar-refractivity contribution is 0.192. The van der Waals surface area contributed by atoms with Crippen molar-refractivity contribution in [1.82, 2.24) is 13.9 Å². The van der Waals surface area contributed by atoms with Crippen LogP contribution < -0.4 is 5.73 Å². The summed E-state index contributed by atoms with van der Waals surface area (Å²) in [5.74, 6) is 0.257. The van der Waals surface area contributed by atoms with Gasteiger partial charge in [0, 0.05) is 32.4 Å². The van der Waals surface area contributed by atoms with Gasteiger partial charge in [0.05, 0.1) is 0 Å². The molecular formula is C11H19ClN4O2S. The van der Waals surface area contributed by atoms with Gasteiger partial charge < -0.3 is 10.3 Å². The number of hydrogen-bond donors (Lipinski definition) is 1. The molecule has 0 aliphatic carbocycles.